The van der Waals surface area contributed by atoms with Crippen LogP contribution in [0.3, 0.4) is 0 Å². The number of hydrogen-bond donors (Lipinski definition) is 2. The summed E-state index contributed by atoms with van der Waals surface area (Å²) in [6, 6.07) is 13.4. The second kappa shape index (κ2) is 16.0. The van der Waals surface area contributed by atoms with E-state index in [0.29, 0.717) is 51.3 Å². The Morgan fingerprint density at radius 1 is 1.04 bits per heavy atom. The summed E-state index contributed by atoms with van der Waals surface area (Å²) in [5.74, 6) is 1.57. The average molecular weight is 723 g/mol. The molecular formula is C36H48ClN8O4P. The predicted molar refractivity (Wildman–Crippen MR) is 201 cm³/mol. The third-order valence-corrected chi connectivity index (χ3v) is 10.7. The number of methoxy groups -OCH3 is 1. The molecule has 0 spiro atoms. The standard InChI is InChI=1S/C36H48ClN8O4P/c1-36(2,3)49-33(46)24-44-17-15-43(16-18-44)23-25-11-13-45(14-12-25)30-20-31(48-4)29(19-26(30)21-38)41-35-39-22-27(37)34(42-35)40-28-9-7-8-10-32(28)50(5,6)47/h7-10,19-20,22,25H,11-18,23-24H2,1-6H3,(H2,39,40,41,42). The number of carbonyl (C=O) groups is 1. The number of para-hydroxylation sites is 1. The zero-order chi connectivity index (χ0) is 36.1. The molecule has 2 aromatic carbocycles. The summed E-state index contributed by atoms with van der Waals surface area (Å²) in [6.45, 7) is 15.8. The van der Waals surface area contributed by atoms with Gasteiger partial charge >= 0.3 is 5.97 Å². The molecule has 268 valence electrons. The average Bonchev–Trinajstić information content (AvgIpc) is 3.06. The Balaban J connectivity index is 1.20. The molecule has 0 bridgehead atoms. The molecule has 2 aliphatic rings. The van der Waals surface area contributed by atoms with Gasteiger partial charge in [-0.1, -0.05) is 23.7 Å². The molecule has 0 atom stereocenters. The van der Waals surface area contributed by atoms with Crippen molar-refractivity contribution in [3.05, 3.63) is 53.2 Å². The number of nitrogens with zero attached hydrogens (tertiary/aromatic N) is 6. The van der Waals surface area contributed by atoms with Gasteiger partial charge in [-0.25, -0.2) is 4.98 Å². The number of ether oxygens (including phenoxy) is 2. The Bertz CT molecular complexity index is 1760. The van der Waals surface area contributed by atoms with Crippen molar-refractivity contribution in [2.75, 3.05) is 88.3 Å². The van der Waals surface area contributed by atoms with Crippen LogP contribution in [0.15, 0.2) is 42.6 Å². The van der Waals surface area contributed by atoms with Gasteiger partial charge in [0.1, 0.15) is 29.6 Å². The Kier molecular flexibility index (Phi) is 12.0. The molecule has 2 N–H and O–H groups in total. The van der Waals surface area contributed by atoms with E-state index in [1.807, 2.05) is 51.1 Å². The number of aromatic nitrogens is 2. The van der Waals surface area contributed by atoms with Crippen LogP contribution in [-0.4, -0.2) is 104 Å². The van der Waals surface area contributed by atoms with Crippen molar-refractivity contribution in [3.63, 3.8) is 0 Å². The van der Waals surface area contributed by atoms with Crippen LogP contribution in [0, 0.1) is 17.2 Å². The van der Waals surface area contributed by atoms with Gasteiger partial charge in [-0.3, -0.25) is 9.69 Å². The number of hydrogen-bond acceptors (Lipinski definition) is 12. The molecule has 2 fully saturated rings. The minimum absolute atomic E-state index is 0.166. The summed E-state index contributed by atoms with van der Waals surface area (Å²) in [5.41, 5.74) is 2.10. The van der Waals surface area contributed by atoms with E-state index >= 15 is 0 Å². The molecule has 2 saturated heterocycles. The SMILES string of the molecule is COc1cc(N2CCC(CN3CCN(CC(=O)OC(C)(C)C)CC3)CC2)c(C#N)cc1Nc1ncc(Cl)c(Nc2ccccc2P(C)(C)=O)n1. The molecule has 0 amide bonds. The van der Waals surface area contributed by atoms with Crippen molar-refractivity contribution in [1.29, 1.82) is 5.26 Å². The molecule has 1 aromatic heterocycles. The predicted octanol–water partition coefficient (Wildman–Crippen LogP) is 5.92. The summed E-state index contributed by atoms with van der Waals surface area (Å²) >= 11 is 6.46. The van der Waals surface area contributed by atoms with Crippen molar-refractivity contribution in [2.24, 2.45) is 5.92 Å². The Hall–Kier alpha value is -3.88. The highest BCUT2D eigenvalue weighted by atomic mass is 35.5. The minimum Gasteiger partial charge on any atom is -0.494 e. The van der Waals surface area contributed by atoms with Crippen LogP contribution in [0.25, 0.3) is 0 Å². The Morgan fingerprint density at radius 2 is 1.72 bits per heavy atom. The van der Waals surface area contributed by atoms with Crippen LogP contribution < -0.4 is 25.6 Å². The number of halogens is 1. The fourth-order valence-corrected chi connectivity index (χ4v) is 7.70. The number of benzene rings is 2. The third kappa shape index (κ3) is 9.88. The number of rotatable bonds is 11. The largest absolute Gasteiger partial charge is 0.494 e. The highest BCUT2D eigenvalue weighted by molar-refractivity contribution is 7.70. The summed E-state index contributed by atoms with van der Waals surface area (Å²) in [6.07, 6.45) is 3.53. The molecule has 0 unspecified atom stereocenters. The van der Waals surface area contributed by atoms with Gasteiger partial charge in [-0.2, -0.15) is 10.2 Å². The monoisotopic (exact) mass is 722 g/mol. The van der Waals surface area contributed by atoms with Gasteiger partial charge < -0.3 is 34.5 Å². The molecule has 0 aliphatic carbocycles. The first-order valence-electron chi connectivity index (χ1n) is 17.0. The lowest BCUT2D eigenvalue weighted by Gasteiger charge is -2.39. The van der Waals surface area contributed by atoms with E-state index in [4.69, 9.17) is 21.1 Å². The quantitative estimate of drug-likeness (QED) is 0.180. The van der Waals surface area contributed by atoms with Gasteiger partial charge in [0.05, 0.1) is 42.5 Å². The number of piperazine rings is 1. The Morgan fingerprint density at radius 3 is 2.36 bits per heavy atom. The van der Waals surface area contributed by atoms with Crippen molar-refractivity contribution in [1.82, 2.24) is 19.8 Å². The molecule has 50 heavy (non-hydrogen) atoms. The molecule has 3 heterocycles. The minimum atomic E-state index is -2.57. The summed E-state index contributed by atoms with van der Waals surface area (Å²) in [7, 11) is -0.973. The molecule has 0 saturated carbocycles. The zero-order valence-corrected chi connectivity index (χ0v) is 31.5. The molecule has 14 heteroatoms. The Labute approximate surface area is 300 Å². The van der Waals surface area contributed by atoms with Crippen molar-refractivity contribution >= 4 is 58.8 Å². The molecular weight excluding hydrogens is 675 g/mol. The van der Waals surface area contributed by atoms with E-state index in [0.717, 1.165) is 64.3 Å². The number of nitrogens with one attached hydrogen (secondary N) is 2. The fourth-order valence-electron chi connectivity index (χ4n) is 6.41. The number of esters is 1. The maximum absolute atomic E-state index is 12.9. The normalized spacial score (nSPS) is 16.5. The lowest BCUT2D eigenvalue weighted by atomic mass is 9.95. The molecule has 3 aromatic rings. The van der Waals surface area contributed by atoms with Gasteiger partial charge in [-0.15, -0.1) is 0 Å². The maximum Gasteiger partial charge on any atom is 0.320 e. The smallest absolute Gasteiger partial charge is 0.320 e. The molecule has 0 radical (unpaired) electrons. The van der Waals surface area contributed by atoms with Crippen LogP contribution in [0.2, 0.25) is 5.02 Å². The third-order valence-electron chi connectivity index (χ3n) is 8.88. The highest BCUT2D eigenvalue weighted by Gasteiger charge is 2.27. The van der Waals surface area contributed by atoms with Crippen LogP contribution in [0.4, 0.5) is 28.8 Å². The highest BCUT2D eigenvalue weighted by Crippen LogP contribution is 2.39. The van der Waals surface area contributed by atoms with E-state index in [-0.39, 0.29) is 11.9 Å². The summed E-state index contributed by atoms with van der Waals surface area (Å²) < 4.78 is 24.1. The van der Waals surface area contributed by atoms with Gasteiger partial charge in [0.2, 0.25) is 5.95 Å². The lowest BCUT2D eigenvalue weighted by Crippen LogP contribution is -2.50. The van der Waals surface area contributed by atoms with Crippen molar-refractivity contribution < 1.29 is 18.8 Å². The number of anilines is 5. The maximum atomic E-state index is 12.9. The van der Waals surface area contributed by atoms with Crippen molar-refractivity contribution in [3.8, 4) is 11.8 Å². The van der Waals surface area contributed by atoms with Crippen LogP contribution in [0.1, 0.15) is 39.2 Å². The second-order valence-electron chi connectivity index (χ2n) is 14.3. The fraction of sp³-hybridized carbons (Fsp3) is 0.500. The first-order chi connectivity index (χ1) is 23.7. The van der Waals surface area contributed by atoms with E-state index in [1.165, 1.54) is 6.20 Å². The number of nitriles is 1. The number of piperidine rings is 1. The lowest BCUT2D eigenvalue weighted by molar-refractivity contribution is -0.156. The van der Waals surface area contributed by atoms with Crippen LogP contribution >= 0.6 is 18.7 Å². The number of carbonyl (C=O) groups excluding carboxylic acids is 1. The van der Waals surface area contributed by atoms with E-state index in [1.54, 1.807) is 26.5 Å². The second-order valence-corrected chi connectivity index (χ2v) is 17.9. The molecule has 2 aliphatic heterocycles. The molecule has 12 nitrogen and oxygen atoms in total. The van der Waals surface area contributed by atoms with E-state index in [9.17, 15) is 14.6 Å². The van der Waals surface area contributed by atoms with E-state index < -0.39 is 12.7 Å². The topological polar surface area (TPSA) is 136 Å². The van der Waals surface area contributed by atoms with Gasteiger partial charge in [0.25, 0.3) is 0 Å². The van der Waals surface area contributed by atoms with E-state index in [2.05, 4.69) is 41.4 Å². The van der Waals surface area contributed by atoms with Gasteiger partial charge in [-0.05, 0) is 71.1 Å². The molecule has 5 rings (SSSR count). The van der Waals surface area contributed by atoms with Gasteiger partial charge in [0, 0.05) is 57.2 Å². The zero-order valence-electron chi connectivity index (χ0n) is 29.8. The first-order valence-corrected chi connectivity index (χ1v) is 19.9. The van der Waals surface area contributed by atoms with Crippen LogP contribution in [0.5, 0.6) is 5.75 Å². The summed E-state index contributed by atoms with van der Waals surface area (Å²) in [4.78, 5) is 28.1. The van der Waals surface area contributed by atoms with Crippen molar-refractivity contribution in [2.45, 2.75) is 39.2 Å². The summed E-state index contributed by atoms with van der Waals surface area (Å²) in [5, 5.41) is 17.6. The van der Waals surface area contributed by atoms with Crippen LogP contribution in [-0.2, 0) is 14.1 Å². The first kappa shape index (κ1) is 37.4. The van der Waals surface area contributed by atoms with Gasteiger partial charge in [0.15, 0.2) is 5.82 Å².